The van der Waals surface area contributed by atoms with Gasteiger partial charge < -0.3 is 5.73 Å². The molecule has 0 aliphatic rings. The van der Waals surface area contributed by atoms with Crippen molar-refractivity contribution < 1.29 is 0 Å². The lowest BCUT2D eigenvalue weighted by atomic mass is 9.98. The number of hydrogen-bond acceptors (Lipinski definition) is 2. The standard InChI is InChI=1S/C17H24N2/c1-3-4-5-14-6-7-15-8-9-19-17(16(15)11-14)10-13(2)12-18/h6-9,11,13H,3-5,10,12,18H2,1-2H3. The summed E-state index contributed by atoms with van der Waals surface area (Å²) in [7, 11) is 0. The molecule has 1 heterocycles. The van der Waals surface area contributed by atoms with Gasteiger partial charge in [-0.15, -0.1) is 0 Å². The summed E-state index contributed by atoms with van der Waals surface area (Å²) in [5.74, 6) is 0.484. The molecular weight excluding hydrogens is 232 g/mol. The van der Waals surface area contributed by atoms with E-state index in [9.17, 15) is 0 Å². The van der Waals surface area contributed by atoms with E-state index in [0.29, 0.717) is 12.5 Å². The van der Waals surface area contributed by atoms with Crippen molar-refractivity contribution in [3.05, 3.63) is 41.7 Å². The first kappa shape index (κ1) is 14.0. The predicted molar refractivity (Wildman–Crippen MR) is 82.3 cm³/mol. The molecule has 0 saturated heterocycles. The number of pyridine rings is 1. The summed E-state index contributed by atoms with van der Waals surface area (Å²) in [6, 6.07) is 8.87. The maximum absolute atomic E-state index is 5.73. The molecule has 2 aromatic rings. The molecule has 0 bridgehead atoms. The molecule has 2 N–H and O–H groups in total. The average Bonchev–Trinajstić information content (AvgIpc) is 2.45. The Bertz CT molecular complexity index is 534. The molecule has 0 spiro atoms. The number of unbranched alkanes of at least 4 members (excludes halogenated alkanes) is 1. The van der Waals surface area contributed by atoms with Gasteiger partial charge >= 0.3 is 0 Å². The lowest BCUT2D eigenvalue weighted by Crippen LogP contribution is -2.14. The van der Waals surface area contributed by atoms with Crippen LogP contribution in [0.1, 0.15) is 37.9 Å². The van der Waals surface area contributed by atoms with Crippen molar-refractivity contribution in [2.75, 3.05) is 6.54 Å². The molecular formula is C17H24N2. The van der Waals surface area contributed by atoms with Gasteiger partial charge in [0.05, 0.1) is 0 Å². The molecule has 0 fully saturated rings. The van der Waals surface area contributed by atoms with E-state index in [-0.39, 0.29) is 0 Å². The predicted octanol–water partition coefficient (Wildman–Crippen LogP) is 3.71. The Kier molecular flexibility index (Phi) is 4.92. The molecule has 1 atom stereocenters. The van der Waals surface area contributed by atoms with E-state index in [4.69, 9.17) is 5.73 Å². The monoisotopic (exact) mass is 256 g/mol. The number of fused-ring (bicyclic) bond motifs is 1. The third kappa shape index (κ3) is 3.54. The molecule has 0 saturated carbocycles. The second kappa shape index (κ2) is 6.67. The fourth-order valence-corrected chi connectivity index (χ4v) is 2.39. The minimum absolute atomic E-state index is 0.484. The van der Waals surface area contributed by atoms with Crippen molar-refractivity contribution in [3.8, 4) is 0 Å². The molecule has 0 aliphatic heterocycles. The van der Waals surface area contributed by atoms with Gasteiger partial charge in [0.1, 0.15) is 0 Å². The third-order valence-corrected chi connectivity index (χ3v) is 3.68. The Labute approximate surface area is 116 Å². The molecule has 102 valence electrons. The first-order chi connectivity index (χ1) is 9.24. The van der Waals surface area contributed by atoms with Crippen molar-refractivity contribution >= 4 is 10.8 Å². The topological polar surface area (TPSA) is 38.9 Å². The highest BCUT2D eigenvalue weighted by atomic mass is 14.7. The Balaban J connectivity index is 2.34. The van der Waals surface area contributed by atoms with Gasteiger partial charge in [-0.2, -0.15) is 0 Å². The summed E-state index contributed by atoms with van der Waals surface area (Å²) in [5, 5.41) is 2.59. The van der Waals surface area contributed by atoms with E-state index in [0.717, 1.165) is 12.8 Å². The minimum Gasteiger partial charge on any atom is -0.330 e. The van der Waals surface area contributed by atoms with E-state index >= 15 is 0 Å². The van der Waals surface area contributed by atoms with Crippen LogP contribution in [0, 0.1) is 5.92 Å². The van der Waals surface area contributed by atoms with Crippen LogP contribution < -0.4 is 5.73 Å². The van der Waals surface area contributed by atoms with Crippen LogP contribution in [0.5, 0.6) is 0 Å². The molecule has 19 heavy (non-hydrogen) atoms. The van der Waals surface area contributed by atoms with Crippen LogP contribution in [-0.2, 0) is 12.8 Å². The number of nitrogens with two attached hydrogens (primary N) is 1. The van der Waals surface area contributed by atoms with E-state index < -0.39 is 0 Å². The Morgan fingerprint density at radius 1 is 1.26 bits per heavy atom. The molecule has 2 nitrogen and oxygen atoms in total. The number of rotatable bonds is 6. The number of nitrogens with zero attached hydrogens (tertiary/aromatic N) is 1. The van der Waals surface area contributed by atoms with Gasteiger partial charge in [-0.05, 0) is 54.8 Å². The van der Waals surface area contributed by atoms with Gasteiger partial charge in [-0.25, -0.2) is 0 Å². The highest BCUT2D eigenvalue weighted by molar-refractivity contribution is 5.85. The van der Waals surface area contributed by atoms with Gasteiger partial charge in [-0.3, -0.25) is 4.98 Å². The molecule has 0 aliphatic carbocycles. The van der Waals surface area contributed by atoms with Gasteiger partial charge in [0, 0.05) is 17.3 Å². The van der Waals surface area contributed by atoms with Crippen LogP contribution in [0.2, 0.25) is 0 Å². The summed E-state index contributed by atoms with van der Waals surface area (Å²) < 4.78 is 0. The highest BCUT2D eigenvalue weighted by Crippen LogP contribution is 2.21. The summed E-state index contributed by atoms with van der Waals surface area (Å²) >= 11 is 0. The Morgan fingerprint density at radius 2 is 2.11 bits per heavy atom. The van der Waals surface area contributed by atoms with Crippen molar-refractivity contribution in [3.63, 3.8) is 0 Å². The van der Waals surface area contributed by atoms with E-state index in [1.807, 2.05) is 6.20 Å². The smallest absolute Gasteiger partial charge is 0.0485 e. The summed E-state index contributed by atoms with van der Waals surface area (Å²) in [6.07, 6.45) is 6.52. The van der Waals surface area contributed by atoms with Gasteiger partial charge in [0.2, 0.25) is 0 Å². The summed E-state index contributed by atoms with van der Waals surface area (Å²) in [5.41, 5.74) is 8.34. The van der Waals surface area contributed by atoms with Crippen molar-refractivity contribution in [2.24, 2.45) is 11.7 Å². The van der Waals surface area contributed by atoms with Crippen LogP contribution >= 0.6 is 0 Å². The lowest BCUT2D eigenvalue weighted by Gasteiger charge is -2.11. The van der Waals surface area contributed by atoms with Crippen LogP contribution in [0.25, 0.3) is 10.8 Å². The number of aryl methyl sites for hydroxylation is 1. The fourth-order valence-electron chi connectivity index (χ4n) is 2.39. The third-order valence-electron chi connectivity index (χ3n) is 3.68. The second-order valence-electron chi connectivity index (χ2n) is 5.46. The molecule has 1 unspecified atom stereocenters. The van der Waals surface area contributed by atoms with E-state index in [1.165, 1.54) is 34.9 Å². The zero-order chi connectivity index (χ0) is 13.7. The summed E-state index contributed by atoms with van der Waals surface area (Å²) in [6.45, 7) is 5.13. The zero-order valence-electron chi connectivity index (χ0n) is 12.0. The molecule has 1 aromatic carbocycles. The maximum atomic E-state index is 5.73. The van der Waals surface area contributed by atoms with Gasteiger partial charge in [0.15, 0.2) is 0 Å². The average molecular weight is 256 g/mol. The second-order valence-corrected chi connectivity index (χ2v) is 5.46. The SMILES string of the molecule is CCCCc1ccc2ccnc(CC(C)CN)c2c1. The molecule has 2 rings (SSSR count). The van der Waals surface area contributed by atoms with Crippen LogP contribution in [-0.4, -0.2) is 11.5 Å². The van der Waals surface area contributed by atoms with Crippen molar-refractivity contribution in [1.29, 1.82) is 0 Å². The van der Waals surface area contributed by atoms with Gasteiger partial charge in [0.25, 0.3) is 0 Å². The number of benzene rings is 1. The molecule has 2 heteroatoms. The Morgan fingerprint density at radius 3 is 2.84 bits per heavy atom. The fraction of sp³-hybridized carbons (Fsp3) is 0.471. The van der Waals surface area contributed by atoms with Crippen LogP contribution in [0.15, 0.2) is 30.5 Å². The van der Waals surface area contributed by atoms with E-state index in [2.05, 4.69) is 43.1 Å². The Hall–Kier alpha value is -1.41. The maximum Gasteiger partial charge on any atom is 0.0485 e. The largest absolute Gasteiger partial charge is 0.330 e. The zero-order valence-corrected chi connectivity index (χ0v) is 12.0. The lowest BCUT2D eigenvalue weighted by molar-refractivity contribution is 0.587. The molecule has 0 amide bonds. The highest BCUT2D eigenvalue weighted by Gasteiger charge is 2.07. The van der Waals surface area contributed by atoms with E-state index in [1.54, 1.807) is 0 Å². The molecule has 1 aromatic heterocycles. The summed E-state index contributed by atoms with van der Waals surface area (Å²) in [4.78, 5) is 4.56. The normalized spacial score (nSPS) is 12.8. The van der Waals surface area contributed by atoms with Gasteiger partial charge in [-0.1, -0.05) is 32.4 Å². The van der Waals surface area contributed by atoms with Crippen LogP contribution in [0.3, 0.4) is 0 Å². The quantitative estimate of drug-likeness (QED) is 0.855. The number of hydrogen-bond donors (Lipinski definition) is 1. The minimum atomic E-state index is 0.484. The first-order valence-corrected chi connectivity index (χ1v) is 7.31. The molecule has 0 radical (unpaired) electrons. The number of aromatic nitrogens is 1. The van der Waals surface area contributed by atoms with Crippen molar-refractivity contribution in [1.82, 2.24) is 4.98 Å². The van der Waals surface area contributed by atoms with Crippen LogP contribution in [0.4, 0.5) is 0 Å². The first-order valence-electron chi connectivity index (χ1n) is 7.31. The van der Waals surface area contributed by atoms with Crippen molar-refractivity contribution in [2.45, 2.75) is 39.5 Å².